The number of halogens is 1. The van der Waals surface area contributed by atoms with E-state index in [2.05, 4.69) is 19.6 Å². The van der Waals surface area contributed by atoms with Crippen LogP contribution in [0.15, 0.2) is 0 Å². The first kappa shape index (κ1) is 10.5. The van der Waals surface area contributed by atoms with Crippen molar-refractivity contribution in [2.24, 2.45) is 0 Å². The molecule has 0 aliphatic carbocycles. The van der Waals surface area contributed by atoms with Gasteiger partial charge < -0.3 is 4.74 Å². The molecule has 0 atom stereocenters. The van der Waals surface area contributed by atoms with E-state index in [1.807, 2.05) is 0 Å². The van der Waals surface area contributed by atoms with Crippen molar-refractivity contribution in [3.8, 4) is 0 Å². The average molecular weight is 181 g/mol. The molecule has 3 heteroatoms. The molecule has 0 rings (SSSR count). The lowest BCUT2D eigenvalue weighted by Gasteiger charge is -2.14. The molecule has 0 amide bonds. The fourth-order valence-electron chi connectivity index (χ4n) is 0.759. The van der Waals surface area contributed by atoms with Crippen molar-refractivity contribution >= 4 is 19.7 Å². The molecule has 0 aliphatic rings. The Kier molecular flexibility index (Phi) is 5.40. The van der Waals surface area contributed by atoms with E-state index in [1.54, 1.807) is 0 Å². The SMILES string of the molecule is C[Si](C)(C)CCCOCCl. The van der Waals surface area contributed by atoms with Crippen LogP contribution in [0.5, 0.6) is 0 Å². The van der Waals surface area contributed by atoms with Gasteiger partial charge in [-0.1, -0.05) is 37.3 Å². The van der Waals surface area contributed by atoms with Crippen molar-refractivity contribution in [1.29, 1.82) is 0 Å². The first-order chi connectivity index (χ1) is 4.56. The normalized spacial score (nSPS) is 12.0. The average Bonchev–Trinajstić information content (AvgIpc) is 1.78. The second-order valence-electron chi connectivity index (χ2n) is 3.68. The van der Waals surface area contributed by atoms with Gasteiger partial charge >= 0.3 is 0 Å². The summed E-state index contributed by atoms with van der Waals surface area (Å²) in [6.07, 6.45) is 1.17. The summed E-state index contributed by atoms with van der Waals surface area (Å²) < 4.78 is 5.02. The summed E-state index contributed by atoms with van der Waals surface area (Å²) in [5, 5.41) is 0. The molecule has 1 nitrogen and oxygen atoms in total. The first-order valence-corrected chi connectivity index (χ1v) is 7.94. The Morgan fingerprint density at radius 2 is 1.90 bits per heavy atom. The Balaban J connectivity index is 3.04. The molecule has 0 fully saturated rings. The highest BCUT2D eigenvalue weighted by Crippen LogP contribution is 2.10. The van der Waals surface area contributed by atoms with Gasteiger partial charge in [-0.15, -0.1) is 0 Å². The quantitative estimate of drug-likeness (QED) is 0.359. The second kappa shape index (κ2) is 5.16. The number of rotatable bonds is 5. The summed E-state index contributed by atoms with van der Waals surface area (Å²) in [6.45, 7) is 7.93. The van der Waals surface area contributed by atoms with E-state index in [1.165, 1.54) is 12.5 Å². The lowest BCUT2D eigenvalue weighted by atomic mass is 10.5. The van der Waals surface area contributed by atoms with Crippen LogP contribution in [0.1, 0.15) is 6.42 Å². The Morgan fingerprint density at radius 1 is 1.30 bits per heavy atom. The molecule has 0 aromatic rings. The summed E-state index contributed by atoms with van der Waals surface area (Å²) in [6, 6.07) is 1.68. The molecule has 0 unspecified atom stereocenters. The Hall–Kier alpha value is 0.467. The molecule has 0 heterocycles. The predicted octanol–water partition coefficient (Wildman–Crippen LogP) is 2.93. The number of hydrogen-bond donors (Lipinski definition) is 0. The van der Waals surface area contributed by atoms with Crippen molar-refractivity contribution in [2.45, 2.75) is 32.1 Å². The largest absolute Gasteiger partial charge is 0.366 e. The van der Waals surface area contributed by atoms with Gasteiger partial charge in [0, 0.05) is 14.7 Å². The van der Waals surface area contributed by atoms with Crippen LogP contribution in [-0.2, 0) is 4.74 Å². The van der Waals surface area contributed by atoms with Gasteiger partial charge in [-0.2, -0.15) is 0 Å². The molecule has 0 spiro atoms. The summed E-state index contributed by atoms with van der Waals surface area (Å²) in [4.78, 5) is 0. The van der Waals surface area contributed by atoms with Crippen LogP contribution in [-0.4, -0.2) is 20.7 Å². The Morgan fingerprint density at radius 3 is 2.30 bits per heavy atom. The van der Waals surface area contributed by atoms with Gasteiger partial charge in [0.05, 0.1) is 0 Å². The molecule has 10 heavy (non-hydrogen) atoms. The van der Waals surface area contributed by atoms with Crippen LogP contribution in [0.2, 0.25) is 25.7 Å². The zero-order valence-corrected chi connectivity index (χ0v) is 8.87. The van der Waals surface area contributed by atoms with Gasteiger partial charge in [0.1, 0.15) is 6.07 Å². The molecule has 0 aliphatic heterocycles. The molecule has 0 aromatic heterocycles. The minimum absolute atomic E-state index is 0.339. The number of ether oxygens (including phenoxy) is 1. The highest BCUT2D eigenvalue weighted by molar-refractivity contribution is 6.76. The highest BCUT2D eigenvalue weighted by atomic mass is 35.5. The predicted molar refractivity (Wildman–Crippen MR) is 49.4 cm³/mol. The maximum Gasteiger partial charge on any atom is 0.120 e. The monoisotopic (exact) mass is 180 g/mol. The van der Waals surface area contributed by atoms with Crippen LogP contribution in [0, 0.1) is 0 Å². The lowest BCUT2D eigenvalue weighted by molar-refractivity contribution is 0.179. The topological polar surface area (TPSA) is 9.23 Å². The number of alkyl halides is 1. The van der Waals surface area contributed by atoms with Crippen LogP contribution in [0.4, 0.5) is 0 Å². The zero-order chi connectivity index (χ0) is 8.04. The third kappa shape index (κ3) is 8.47. The molecule has 0 saturated carbocycles. The summed E-state index contributed by atoms with van der Waals surface area (Å²) in [5.74, 6) is 0. The van der Waals surface area contributed by atoms with E-state index in [0.29, 0.717) is 6.07 Å². The highest BCUT2D eigenvalue weighted by Gasteiger charge is 2.11. The van der Waals surface area contributed by atoms with Gasteiger partial charge in [0.2, 0.25) is 0 Å². The molecule has 0 bridgehead atoms. The Labute approximate surface area is 69.7 Å². The second-order valence-corrected chi connectivity index (χ2v) is 9.52. The fourth-order valence-corrected chi connectivity index (χ4v) is 2.07. The van der Waals surface area contributed by atoms with Crippen LogP contribution < -0.4 is 0 Å². The van der Waals surface area contributed by atoms with Gasteiger partial charge in [0.15, 0.2) is 0 Å². The third-order valence-electron chi connectivity index (χ3n) is 1.29. The molecule has 0 N–H and O–H groups in total. The summed E-state index contributed by atoms with van der Waals surface area (Å²) in [7, 11) is -0.830. The third-order valence-corrected chi connectivity index (χ3v) is 3.30. The van der Waals surface area contributed by atoms with Gasteiger partial charge in [-0.05, 0) is 6.42 Å². The first-order valence-electron chi connectivity index (χ1n) is 3.70. The minimum atomic E-state index is -0.830. The zero-order valence-electron chi connectivity index (χ0n) is 7.11. The fraction of sp³-hybridized carbons (Fsp3) is 1.00. The van der Waals surface area contributed by atoms with E-state index in [-0.39, 0.29) is 0 Å². The van der Waals surface area contributed by atoms with E-state index in [4.69, 9.17) is 16.3 Å². The molecule has 0 aromatic carbocycles. The van der Waals surface area contributed by atoms with Crippen molar-refractivity contribution < 1.29 is 4.74 Å². The molecule has 62 valence electrons. The van der Waals surface area contributed by atoms with Crippen LogP contribution in [0.3, 0.4) is 0 Å². The maximum atomic E-state index is 5.34. The van der Waals surface area contributed by atoms with E-state index >= 15 is 0 Å². The van der Waals surface area contributed by atoms with Gasteiger partial charge in [0.25, 0.3) is 0 Å². The molecular formula is C7H17ClOSi. The van der Waals surface area contributed by atoms with Crippen molar-refractivity contribution in [1.82, 2.24) is 0 Å². The summed E-state index contributed by atoms with van der Waals surface area (Å²) >= 11 is 5.34. The van der Waals surface area contributed by atoms with Gasteiger partial charge in [-0.25, -0.2) is 0 Å². The number of hydrogen-bond acceptors (Lipinski definition) is 1. The molecule has 0 saturated heterocycles. The summed E-state index contributed by atoms with van der Waals surface area (Å²) in [5.41, 5.74) is 0. The standard InChI is InChI=1S/C7H17ClOSi/c1-10(2,3)6-4-5-9-7-8/h4-7H2,1-3H3. The van der Waals surface area contributed by atoms with E-state index in [9.17, 15) is 0 Å². The van der Waals surface area contributed by atoms with Crippen LogP contribution in [0.25, 0.3) is 0 Å². The van der Waals surface area contributed by atoms with E-state index < -0.39 is 8.07 Å². The van der Waals surface area contributed by atoms with Crippen molar-refractivity contribution in [3.63, 3.8) is 0 Å². The maximum absolute atomic E-state index is 5.34. The minimum Gasteiger partial charge on any atom is -0.366 e. The smallest absolute Gasteiger partial charge is 0.120 e. The van der Waals surface area contributed by atoms with Crippen molar-refractivity contribution in [2.75, 3.05) is 12.7 Å². The van der Waals surface area contributed by atoms with Crippen LogP contribution >= 0.6 is 11.6 Å². The molecule has 0 radical (unpaired) electrons. The van der Waals surface area contributed by atoms with E-state index in [0.717, 1.165) is 6.61 Å². The van der Waals surface area contributed by atoms with Crippen molar-refractivity contribution in [3.05, 3.63) is 0 Å². The van der Waals surface area contributed by atoms with Gasteiger partial charge in [-0.3, -0.25) is 0 Å². The lowest BCUT2D eigenvalue weighted by Crippen LogP contribution is -2.19. The molecular weight excluding hydrogens is 164 g/mol. The Bertz CT molecular complexity index is 80.2.